The van der Waals surface area contributed by atoms with Gasteiger partial charge in [0.05, 0.1) is 6.61 Å². The van der Waals surface area contributed by atoms with E-state index in [9.17, 15) is 9.59 Å². The molecule has 0 heterocycles. The number of amides is 1. The highest BCUT2D eigenvalue weighted by molar-refractivity contribution is 5.96. The maximum atomic E-state index is 12.5. The van der Waals surface area contributed by atoms with Crippen molar-refractivity contribution in [2.24, 2.45) is 5.92 Å². The van der Waals surface area contributed by atoms with Crippen LogP contribution in [-0.2, 0) is 9.53 Å². The van der Waals surface area contributed by atoms with Gasteiger partial charge in [0.2, 0.25) is 0 Å². The van der Waals surface area contributed by atoms with Crippen LogP contribution in [0, 0.1) is 5.92 Å². The number of aliphatic carboxylic acids is 1. The highest BCUT2D eigenvalue weighted by Crippen LogP contribution is 2.16. The standard InChI is InChI=1S/C16H23NO5/c1-12(2)10-17(11-15(18)19)16(20)13-5-4-6-14(9-13)22-8-7-21-3/h4-6,9,12H,7-8,10-11H2,1-3H3,(H,18,19). The predicted molar refractivity (Wildman–Crippen MR) is 82.2 cm³/mol. The summed E-state index contributed by atoms with van der Waals surface area (Å²) in [6.45, 7) is 4.79. The smallest absolute Gasteiger partial charge is 0.323 e. The molecule has 6 nitrogen and oxygen atoms in total. The third kappa shape index (κ3) is 6.13. The third-order valence-electron chi connectivity index (χ3n) is 2.84. The lowest BCUT2D eigenvalue weighted by Crippen LogP contribution is -2.38. The van der Waals surface area contributed by atoms with Crippen LogP contribution in [0.15, 0.2) is 24.3 Å². The summed E-state index contributed by atoms with van der Waals surface area (Å²) in [4.78, 5) is 24.8. The zero-order chi connectivity index (χ0) is 16.5. The minimum absolute atomic E-state index is 0.185. The number of benzene rings is 1. The maximum Gasteiger partial charge on any atom is 0.323 e. The number of carboxylic acid groups (broad SMARTS) is 1. The van der Waals surface area contributed by atoms with Crippen LogP contribution in [0.3, 0.4) is 0 Å². The number of ether oxygens (including phenoxy) is 2. The molecule has 1 rings (SSSR count). The second-order valence-corrected chi connectivity index (χ2v) is 5.34. The zero-order valence-electron chi connectivity index (χ0n) is 13.2. The van der Waals surface area contributed by atoms with E-state index in [1.807, 2.05) is 13.8 Å². The topological polar surface area (TPSA) is 76.1 Å². The summed E-state index contributed by atoms with van der Waals surface area (Å²) in [5.41, 5.74) is 0.414. The number of rotatable bonds is 9. The number of hydrogen-bond donors (Lipinski definition) is 1. The molecule has 0 aliphatic rings. The molecule has 1 aromatic carbocycles. The molecule has 1 aromatic rings. The van der Waals surface area contributed by atoms with Crippen LogP contribution in [0.1, 0.15) is 24.2 Å². The molecule has 0 aromatic heterocycles. The molecule has 0 fully saturated rings. The van der Waals surface area contributed by atoms with E-state index in [0.717, 1.165) is 0 Å². The fraction of sp³-hybridized carbons (Fsp3) is 0.500. The Labute approximate surface area is 130 Å². The van der Waals surface area contributed by atoms with Crippen molar-refractivity contribution in [2.45, 2.75) is 13.8 Å². The summed E-state index contributed by atoms with van der Waals surface area (Å²) in [5, 5.41) is 8.96. The summed E-state index contributed by atoms with van der Waals surface area (Å²) in [6.07, 6.45) is 0. The first-order valence-corrected chi connectivity index (χ1v) is 7.17. The Balaban J connectivity index is 2.83. The minimum atomic E-state index is -1.03. The second kappa shape index (κ2) is 9.04. The number of nitrogens with zero attached hydrogens (tertiary/aromatic N) is 1. The van der Waals surface area contributed by atoms with Crippen molar-refractivity contribution >= 4 is 11.9 Å². The van der Waals surface area contributed by atoms with Crippen LogP contribution in [0.5, 0.6) is 5.75 Å². The van der Waals surface area contributed by atoms with Gasteiger partial charge in [-0.3, -0.25) is 9.59 Å². The Morgan fingerprint density at radius 3 is 2.59 bits per heavy atom. The molecule has 0 saturated heterocycles. The first-order valence-electron chi connectivity index (χ1n) is 7.17. The van der Waals surface area contributed by atoms with E-state index in [2.05, 4.69) is 0 Å². The van der Waals surface area contributed by atoms with Crippen LogP contribution in [0.25, 0.3) is 0 Å². The molecule has 122 valence electrons. The Morgan fingerprint density at radius 2 is 2.00 bits per heavy atom. The van der Waals surface area contributed by atoms with Crippen LogP contribution >= 0.6 is 0 Å². The fourth-order valence-electron chi connectivity index (χ4n) is 1.97. The van der Waals surface area contributed by atoms with Gasteiger partial charge in [-0.1, -0.05) is 19.9 Å². The molecule has 1 amide bonds. The van der Waals surface area contributed by atoms with Gasteiger partial charge < -0.3 is 19.5 Å². The summed E-state index contributed by atoms with van der Waals surface area (Å²) in [5.74, 6) is -0.595. The first kappa shape index (κ1) is 18.0. The SMILES string of the molecule is COCCOc1cccc(C(=O)N(CC(=O)O)CC(C)C)c1. The molecule has 1 N–H and O–H groups in total. The number of methoxy groups -OCH3 is 1. The number of carbonyl (C=O) groups excluding carboxylic acids is 1. The quantitative estimate of drug-likeness (QED) is 0.705. The van der Waals surface area contributed by atoms with Gasteiger partial charge >= 0.3 is 5.97 Å². The first-order chi connectivity index (χ1) is 10.4. The molecule has 0 saturated carbocycles. The van der Waals surface area contributed by atoms with Gasteiger partial charge in [0.15, 0.2) is 0 Å². The van der Waals surface area contributed by atoms with E-state index in [4.69, 9.17) is 14.6 Å². The molecule has 0 unspecified atom stereocenters. The van der Waals surface area contributed by atoms with Gasteiger partial charge in [-0.2, -0.15) is 0 Å². The van der Waals surface area contributed by atoms with Gasteiger partial charge in [-0.25, -0.2) is 0 Å². The number of carbonyl (C=O) groups is 2. The van der Waals surface area contributed by atoms with E-state index in [1.165, 1.54) is 4.90 Å². The molecule has 0 bridgehead atoms. The lowest BCUT2D eigenvalue weighted by atomic mass is 10.1. The van der Waals surface area contributed by atoms with Crippen LogP contribution in [0.4, 0.5) is 0 Å². The van der Waals surface area contributed by atoms with Crippen LogP contribution in [0.2, 0.25) is 0 Å². The lowest BCUT2D eigenvalue weighted by Gasteiger charge is -2.23. The maximum absolute atomic E-state index is 12.5. The van der Waals surface area contributed by atoms with Crippen LogP contribution < -0.4 is 4.74 Å². The van der Waals surface area contributed by atoms with E-state index in [-0.39, 0.29) is 18.4 Å². The Hall–Kier alpha value is -2.08. The lowest BCUT2D eigenvalue weighted by molar-refractivity contribution is -0.137. The Morgan fingerprint density at radius 1 is 1.27 bits per heavy atom. The van der Waals surface area contributed by atoms with E-state index in [1.54, 1.807) is 31.4 Å². The molecular weight excluding hydrogens is 286 g/mol. The van der Waals surface area contributed by atoms with Crippen LogP contribution in [-0.4, -0.2) is 55.3 Å². The molecule has 22 heavy (non-hydrogen) atoms. The van der Waals surface area contributed by atoms with Gasteiger partial charge in [0.1, 0.15) is 18.9 Å². The van der Waals surface area contributed by atoms with Gasteiger partial charge in [0.25, 0.3) is 5.91 Å². The largest absolute Gasteiger partial charge is 0.491 e. The minimum Gasteiger partial charge on any atom is -0.491 e. The Bertz CT molecular complexity index is 501. The third-order valence-corrected chi connectivity index (χ3v) is 2.84. The van der Waals surface area contributed by atoms with E-state index >= 15 is 0 Å². The summed E-state index contributed by atoms with van der Waals surface area (Å²) in [7, 11) is 1.58. The van der Waals surface area contributed by atoms with Crippen molar-refractivity contribution in [2.75, 3.05) is 33.4 Å². The summed E-state index contributed by atoms with van der Waals surface area (Å²) in [6, 6.07) is 6.73. The highest BCUT2D eigenvalue weighted by atomic mass is 16.5. The van der Waals surface area contributed by atoms with Gasteiger partial charge in [-0.05, 0) is 24.1 Å². The van der Waals surface area contributed by atoms with Crippen molar-refractivity contribution < 1.29 is 24.2 Å². The normalized spacial score (nSPS) is 10.5. The average molecular weight is 309 g/mol. The fourth-order valence-corrected chi connectivity index (χ4v) is 1.97. The van der Waals surface area contributed by atoms with E-state index in [0.29, 0.717) is 31.1 Å². The van der Waals surface area contributed by atoms with Crippen molar-refractivity contribution in [3.8, 4) is 5.75 Å². The molecule has 0 aliphatic heterocycles. The molecular formula is C16H23NO5. The van der Waals surface area contributed by atoms with Crippen molar-refractivity contribution in [3.05, 3.63) is 29.8 Å². The van der Waals surface area contributed by atoms with Gasteiger partial charge in [-0.15, -0.1) is 0 Å². The molecule has 0 radical (unpaired) electrons. The molecule has 0 atom stereocenters. The number of hydrogen-bond acceptors (Lipinski definition) is 4. The van der Waals surface area contributed by atoms with Crippen molar-refractivity contribution in [1.82, 2.24) is 4.90 Å². The second-order valence-electron chi connectivity index (χ2n) is 5.34. The van der Waals surface area contributed by atoms with Crippen molar-refractivity contribution in [3.63, 3.8) is 0 Å². The summed E-state index contributed by atoms with van der Waals surface area (Å²) >= 11 is 0. The monoisotopic (exact) mass is 309 g/mol. The highest BCUT2D eigenvalue weighted by Gasteiger charge is 2.19. The van der Waals surface area contributed by atoms with E-state index < -0.39 is 5.97 Å². The van der Waals surface area contributed by atoms with Gasteiger partial charge in [0, 0.05) is 19.2 Å². The molecule has 6 heteroatoms. The van der Waals surface area contributed by atoms with Crippen molar-refractivity contribution in [1.29, 1.82) is 0 Å². The average Bonchev–Trinajstić information content (AvgIpc) is 2.45. The predicted octanol–water partition coefficient (Wildman–Crippen LogP) is 1.89. The molecule has 0 spiro atoms. The molecule has 0 aliphatic carbocycles. The summed E-state index contributed by atoms with van der Waals surface area (Å²) < 4.78 is 10.4. The number of carboxylic acids is 1. The zero-order valence-corrected chi connectivity index (χ0v) is 13.2. The Kier molecular flexibility index (Phi) is 7.39.